The molecule has 1 heterocycles. The van der Waals surface area contributed by atoms with Crippen molar-refractivity contribution in [3.05, 3.63) is 75.0 Å². The number of Topliss-reactive ketones (excluding diaryl/α,β-unsaturated/α-hetero) is 1. The molecule has 3 rings (SSSR count). The number of nitrogens with zero attached hydrogens (tertiary/aromatic N) is 1. The zero-order chi connectivity index (χ0) is 21.9. The van der Waals surface area contributed by atoms with E-state index in [2.05, 4.69) is 4.99 Å². The van der Waals surface area contributed by atoms with Crippen molar-refractivity contribution < 1.29 is 23.8 Å². The second kappa shape index (κ2) is 8.49. The molecule has 1 N–H and O–H groups in total. The minimum atomic E-state index is -0.789. The third kappa shape index (κ3) is 4.92. The molecule has 0 saturated carbocycles. The number of aliphatic imine (C=N–C) groups is 1. The van der Waals surface area contributed by atoms with E-state index in [1.54, 1.807) is 12.1 Å². The van der Waals surface area contributed by atoms with E-state index in [1.165, 1.54) is 13.0 Å². The van der Waals surface area contributed by atoms with Crippen molar-refractivity contribution in [3.8, 4) is 0 Å². The first kappa shape index (κ1) is 21.2. The van der Waals surface area contributed by atoms with Crippen LogP contribution in [0.3, 0.4) is 0 Å². The molecule has 1 aromatic carbocycles. The molecular weight excluding hydrogens is 386 g/mol. The van der Waals surface area contributed by atoms with Gasteiger partial charge >= 0.3 is 11.6 Å². The van der Waals surface area contributed by atoms with Crippen molar-refractivity contribution in [2.75, 3.05) is 0 Å². The van der Waals surface area contributed by atoms with Crippen LogP contribution in [0.25, 0.3) is 0 Å². The fourth-order valence-electron chi connectivity index (χ4n) is 3.21. The highest BCUT2D eigenvalue weighted by Crippen LogP contribution is 2.35. The van der Waals surface area contributed by atoms with Crippen molar-refractivity contribution in [1.29, 1.82) is 0 Å². The maximum atomic E-state index is 12.4. The van der Waals surface area contributed by atoms with E-state index in [0.717, 1.165) is 11.8 Å². The van der Waals surface area contributed by atoms with Gasteiger partial charge in [0.05, 0.1) is 5.56 Å². The number of fused-ring (bicyclic) bond motifs is 1. The second-order valence-electron chi connectivity index (χ2n) is 8.02. The monoisotopic (exact) mass is 409 g/mol. The lowest BCUT2D eigenvalue weighted by atomic mass is 9.76. The van der Waals surface area contributed by atoms with Crippen LogP contribution in [0.2, 0.25) is 0 Å². The molecule has 0 spiro atoms. The lowest BCUT2D eigenvalue weighted by Gasteiger charge is -2.28. The average Bonchev–Trinajstić information content (AvgIpc) is 2.67. The van der Waals surface area contributed by atoms with E-state index in [1.807, 2.05) is 32.0 Å². The molecule has 1 aromatic heterocycles. The van der Waals surface area contributed by atoms with E-state index in [0.29, 0.717) is 24.2 Å². The Morgan fingerprint density at radius 1 is 1.23 bits per heavy atom. The topological polar surface area (TPSA) is 106 Å². The number of benzene rings is 1. The minimum Gasteiger partial charge on any atom is -0.512 e. The van der Waals surface area contributed by atoms with Crippen LogP contribution in [0.1, 0.15) is 48.9 Å². The highest BCUT2D eigenvalue weighted by molar-refractivity contribution is 6.10. The molecule has 2 aromatic rings. The molecule has 30 heavy (non-hydrogen) atoms. The summed E-state index contributed by atoms with van der Waals surface area (Å²) in [6, 6.07) is 10.4. The number of carbonyl (C=O) groups is 2. The molecule has 0 fully saturated rings. The van der Waals surface area contributed by atoms with Gasteiger partial charge in [0.1, 0.15) is 29.4 Å². The van der Waals surface area contributed by atoms with Gasteiger partial charge in [-0.25, -0.2) is 14.6 Å². The van der Waals surface area contributed by atoms with Gasteiger partial charge in [-0.3, -0.25) is 4.79 Å². The Hall–Kier alpha value is -3.48. The number of rotatable bonds is 5. The van der Waals surface area contributed by atoms with Crippen LogP contribution in [0.4, 0.5) is 5.69 Å². The molecule has 1 aliphatic rings. The van der Waals surface area contributed by atoms with Gasteiger partial charge in [-0.2, -0.15) is 0 Å². The van der Waals surface area contributed by atoms with E-state index in [-0.39, 0.29) is 34.8 Å². The van der Waals surface area contributed by atoms with Crippen LogP contribution in [0.5, 0.6) is 0 Å². The predicted molar refractivity (Wildman–Crippen MR) is 111 cm³/mol. The van der Waals surface area contributed by atoms with E-state index >= 15 is 0 Å². The Kier molecular flexibility index (Phi) is 6.01. The van der Waals surface area contributed by atoms with Crippen molar-refractivity contribution in [2.24, 2.45) is 10.4 Å². The van der Waals surface area contributed by atoms with Crippen LogP contribution in [-0.2, 0) is 22.6 Å². The van der Waals surface area contributed by atoms with Crippen LogP contribution in [0.15, 0.2) is 61.9 Å². The molecule has 0 atom stereocenters. The second-order valence-corrected chi connectivity index (χ2v) is 8.02. The van der Waals surface area contributed by atoms with Gasteiger partial charge in [0.15, 0.2) is 5.78 Å². The summed E-state index contributed by atoms with van der Waals surface area (Å²) in [6.45, 7) is 5.20. The number of hydrogen-bond acceptors (Lipinski definition) is 7. The largest absolute Gasteiger partial charge is 0.512 e. The molecule has 0 radical (unpaired) electrons. The van der Waals surface area contributed by atoms with Gasteiger partial charge in [-0.1, -0.05) is 44.2 Å². The van der Waals surface area contributed by atoms with E-state index in [4.69, 9.17) is 9.15 Å². The summed E-state index contributed by atoms with van der Waals surface area (Å²) >= 11 is 0. The third-order valence-corrected chi connectivity index (χ3v) is 4.74. The molecule has 0 aliphatic heterocycles. The zero-order valence-electron chi connectivity index (χ0n) is 17.1. The fraction of sp³-hybridized carbons (Fsp3) is 0.304. The number of aliphatic hydroxyl groups excluding tert-OH is 1. The minimum absolute atomic E-state index is 0.0234. The molecule has 0 saturated heterocycles. The van der Waals surface area contributed by atoms with Crippen LogP contribution in [0, 0.1) is 5.41 Å². The molecule has 156 valence electrons. The van der Waals surface area contributed by atoms with Gasteiger partial charge in [0.2, 0.25) is 0 Å². The first-order chi connectivity index (χ1) is 14.2. The number of aliphatic hydroxyl groups is 1. The third-order valence-electron chi connectivity index (χ3n) is 4.74. The number of ether oxygens (including phenoxy) is 1. The first-order valence-corrected chi connectivity index (χ1v) is 9.51. The van der Waals surface area contributed by atoms with Gasteiger partial charge in [0.25, 0.3) is 0 Å². The summed E-state index contributed by atoms with van der Waals surface area (Å²) < 4.78 is 10.5. The van der Waals surface area contributed by atoms with Crippen LogP contribution < -0.4 is 5.63 Å². The first-order valence-electron chi connectivity index (χ1n) is 9.51. The standard InChI is InChI=1S/C23H23NO6/c1-14(25)17(21(27)29-13-15-7-5-4-6-8-15)12-24-18-9-16-19(26)10-23(2,3)11-20(16)30-22(18)28/h4-9,12,25H,10-11,13H2,1-3H3/b17-14+,24-12?. The number of carbonyl (C=O) groups excluding carboxylic acids is 2. The number of ketones is 1. The molecule has 0 bridgehead atoms. The van der Waals surface area contributed by atoms with E-state index < -0.39 is 11.6 Å². The summed E-state index contributed by atoms with van der Waals surface area (Å²) in [4.78, 5) is 41.0. The summed E-state index contributed by atoms with van der Waals surface area (Å²) in [6.07, 6.45) is 1.85. The van der Waals surface area contributed by atoms with Gasteiger partial charge in [-0.15, -0.1) is 0 Å². The Labute approximate surface area is 173 Å². The van der Waals surface area contributed by atoms with Crippen molar-refractivity contribution in [2.45, 2.75) is 40.2 Å². The molecule has 0 amide bonds. The van der Waals surface area contributed by atoms with Crippen LogP contribution in [-0.4, -0.2) is 23.1 Å². The van der Waals surface area contributed by atoms with Gasteiger partial charge < -0.3 is 14.3 Å². The Balaban J connectivity index is 1.81. The Morgan fingerprint density at radius 3 is 2.60 bits per heavy atom. The quantitative estimate of drug-likeness (QED) is 0.345. The van der Waals surface area contributed by atoms with E-state index in [9.17, 15) is 19.5 Å². The number of allylic oxidation sites excluding steroid dienone is 1. The fourth-order valence-corrected chi connectivity index (χ4v) is 3.21. The van der Waals surface area contributed by atoms with Gasteiger partial charge in [0, 0.05) is 19.1 Å². The molecular formula is C23H23NO6. The van der Waals surface area contributed by atoms with Crippen LogP contribution >= 0.6 is 0 Å². The lowest BCUT2D eigenvalue weighted by molar-refractivity contribution is -0.139. The number of esters is 1. The zero-order valence-corrected chi connectivity index (χ0v) is 17.1. The molecule has 7 heteroatoms. The molecule has 0 unspecified atom stereocenters. The average molecular weight is 409 g/mol. The maximum Gasteiger partial charge on any atom is 0.362 e. The summed E-state index contributed by atoms with van der Waals surface area (Å²) in [5.41, 5.74) is -0.222. The Bertz CT molecular complexity index is 1090. The number of hydrogen-bond donors (Lipinski definition) is 1. The summed E-state index contributed by atoms with van der Waals surface area (Å²) in [5.74, 6) is -0.880. The summed E-state index contributed by atoms with van der Waals surface area (Å²) in [7, 11) is 0. The maximum absolute atomic E-state index is 12.4. The molecule has 1 aliphatic carbocycles. The van der Waals surface area contributed by atoms with Crippen molar-refractivity contribution in [1.82, 2.24) is 0 Å². The SMILES string of the molecule is C/C(O)=C(/C=Nc1cc2c(oc1=O)CC(C)(C)CC2=O)C(=O)OCc1ccccc1. The van der Waals surface area contributed by atoms with Crippen molar-refractivity contribution in [3.63, 3.8) is 0 Å². The molecule has 7 nitrogen and oxygen atoms in total. The van der Waals surface area contributed by atoms with Gasteiger partial charge in [-0.05, 0) is 24.0 Å². The Morgan fingerprint density at radius 2 is 1.93 bits per heavy atom. The van der Waals surface area contributed by atoms with Crippen molar-refractivity contribution >= 4 is 23.7 Å². The normalized spacial score (nSPS) is 16.2. The highest BCUT2D eigenvalue weighted by atomic mass is 16.5. The smallest absolute Gasteiger partial charge is 0.362 e. The summed E-state index contributed by atoms with van der Waals surface area (Å²) in [5, 5.41) is 9.85. The highest BCUT2D eigenvalue weighted by Gasteiger charge is 2.33. The predicted octanol–water partition coefficient (Wildman–Crippen LogP) is 4.07. The lowest BCUT2D eigenvalue weighted by Crippen LogP contribution is -2.28.